The second-order valence-electron chi connectivity index (χ2n) is 8.32. The normalized spacial score (nSPS) is 16.6. The molecule has 2 fully saturated rings. The first-order valence-electron chi connectivity index (χ1n) is 10.9. The first kappa shape index (κ1) is 20.5. The Morgan fingerprint density at radius 2 is 1.78 bits per heavy atom. The zero-order chi connectivity index (χ0) is 22.1. The Bertz CT molecular complexity index is 1170. The second-order valence-corrected chi connectivity index (χ2v) is 8.73. The molecule has 0 bridgehead atoms. The lowest BCUT2D eigenvalue weighted by Crippen LogP contribution is -2.45. The van der Waals surface area contributed by atoms with Crippen molar-refractivity contribution >= 4 is 23.2 Å². The summed E-state index contributed by atoms with van der Waals surface area (Å²) in [7, 11) is 0. The lowest BCUT2D eigenvalue weighted by Gasteiger charge is -2.33. The molecular formula is C24H23ClN6O. The summed E-state index contributed by atoms with van der Waals surface area (Å²) in [4.78, 5) is 19.8. The molecule has 2 aromatic carbocycles. The maximum atomic E-state index is 12.9. The number of amides is 1. The Labute approximate surface area is 191 Å². The van der Waals surface area contributed by atoms with E-state index < -0.39 is 0 Å². The minimum atomic E-state index is -0.241. The second kappa shape index (κ2) is 8.64. The van der Waals surface area contributed by atoms with Gasteiger partial charge in [0.15, 0.2) is 0 Å². The summed E-state index contributed by atoms with van der Waals surface area (Å²) in [5, 5.41) is 17.2. The maximum Gasteiger partial charge on any atom is 0.291 e. The first-order chi connectivity index (χ1) is 15.6. The highest BCUT2D eigenvalue weighted by atomic mass is 35.5. The van der Waals surface area contributed by atoms with Crippen LogP contribution in [0.15, 0.2) is 48.5 Å². The lowest BCUT2D eigenvalue weighted by atomic mass is 10.0. The van der Waals surface area contributed by atoms with Crippen molar-refractivity contribution in [3.8, 4) is 11.8 Å². The van der Waals surface area contributed by atoms with E-state index in [1.54, 1.807) is 4.68 Å². The van der Waals surface area contributed by atoms with Crippen molar-refractivity contribution < 1.29 is 4.79 Å². The van der Waals surface area contributed by atoms with E-state index in [4.69, 9.17) is 16.9 Å². The van der Waals surface area contributed by atoms with E-state index in [2.05, 4.69) is 26.4 Å². The third-order valence-corrected chi connectivity index (χ3v) is 6.37. The Hall–Kier alpha value is -3.37. The Morgan fingerprint density at radius 1 is 1.06 bits per heavy atom. The van der Waals surface area contributed by atoms with Crippen LogP contribution in [-0.2, 0) is 0 Å². The molecule has 7 nitrogen and oxygen atoms in total. The number of aromatic nitrogens is 3. The standard InChI is InChI=1S/C24H23ClN6O/c25-20-3-1-2-4-21(20)31-23(17-7-8-17)28-22(29-31)24(32)27-18-11-13-30(14-12-18)19-9-5-16(15-26)6-10-19/h1-6,9-10,17-18H,7-8,11-14H2,(H,27,32). The van der Waals surface area contributed by atoms with E-state index in [0.717, 1.165) is 56.0 Å². The first-order valence-corrected chi connectivity index (χ1v) is 11.3. The van der Waals surface area contributed by atoms with Crippen molar-refractivity contribution in [3.63, 3.8) is 0 Å². The van der Waals surface area contributed by atoms with Crippen molar-refractivity contribution in [1.82, 2.24) is 20.1 Å². The summed E-state index contributed by atoms with van der Waals surface area (Å²) in [6.45, 7) is 1.68. The third kappa shape index (κ3) is 4.19. The smallest absolute Gasteiger partial charge is 0.291 e. The fraction of sp³-hybridized carbons (Fsp3) is 0.333. The van der Waals surface area contributed by atoms with Crippen LogP contribution in [-0.4, -0.2) is 39.8 Å². The lowest BCUT2D eigenvalue weighted by molar-refractivity contribution is 0.0920. The number of anilines is 1. The van der Waals surface area contributed by atoms with Crippen LogP contribution in [0.5, 0.6) is 0 Å². The van der Waals surface area contributed by atoms with Gasteiger partial charge in [0.25, 0.3) is 5.91 Å². The van der Waals surface area contributed by atoms with Gasteiger partial charge in [0, 0.05) is 30.7 Å². The maximum absolute atomic E-state index is 12.9. The van der Waals surface area contributed by atoms with Gasteiger partial charge >= 0.3 is 0 Å². The molecule has 0 atom stereocenters. The summed E-state index contributed by atoms with van der Waals surface area (Å²) in [6.07, 6.45) is 3.79. The molecule has 1 saturated heterocycles. The van der Waals surface area contributed by atoms with Gasteiger partial charge in [-0.3, -0.25) is 4.79 Å². The van der Waals surface area contributed by atoms with Crippen molar-refractivity contribution in [2.45, 2.75) is 37.6 Å². The molecule has 162 valence electrons. The van der Waals surface area contributed by atoms with Gasteiger partial charge in [0.05, 0.1) is 22.3 Å². The van der Waals surface area contributed by atoms with Crippen LogP contribution in [0.2, 0.25) is 5.02 Å². The number of hydrogen-bond donors (Lipinski definition) is 1. The van der Waals surface area contributed by atoms with Crippen LogP contribution in [0.3, 0.4) is 0 Å². The Balaban J connectivity index is 1.25. The van der Waals surface area contributed by atoms with Crippen molar-refractivity contribution in [3.05, 3.63) is 70.8 Å². The van der Waals surface area contributed by atoms with Crippen LogP contribution in [0.4, 0.5) is 5.69 Å². The number of nitriles is 1. The molecule has 1 amide bonds. The van der Waals surface area contributed by atoms with Gasteiger partial charge in [0.1, 0.15) is 5.82 Å². The fourth-order valence-electron chi connectivity index (χ4n) is 4.11. The summed E-state index contributed by atoms with van der Waals surface area (Å²) >= 11 is 6.37. The molecule has 5 rings (SSSR count). The number of benzene rings is 2. The van der Waals surface area contributed by atoms with Crippen LogP contribution < -0.4 is 10.2 Å². The molecule has 0 radical (unpaired) electrons. The SMILES string of the molecule is N#Cc1ccc(N2CCC(NC(=O)c3nc(C4CC4)n(-c4ccccc4Cl)n3)CC2)cc1. The predicted molar refractivity (Wildman–Crippen MR) is 122 cm³/mol. The highest BCUT2D eigenvalue weighted by Crippen LogP contribution is 2.40. The largest absolute Gasteiger partial charge is 0.371 e. The molecule has 0 unspecified atom stereocenters. The summed E-state index contributed by atoms with van der Waals surface area (Å²) in [5.41, 5.74) is 2.51. The summed E-state index contributed by atoms with van der Waals surface area (Å²) in [5.74, 6) is 1.09. The van der Waals surface area contributed by atoms with Gasteiger partial charge in [0.2, 0.25) is 5.82 Å². The third-order valence-electron chi connectivity index (χ3n) is 6.05. The van der Waals surface area contributed by atoms with Crippen LogP contribution in [0.25, 0.3) is 5.69 Å². The molecule has 3 aromatic rings. The zero-order valence-electron chi connectivity index (χ0n) is 17.5. The number of piperidine rings is 1. The van der Waals surface area contributed by atoms with Crippen LogP contribution in [0.1, 0.15) is 53.6 Å². The molecule has 1 aliphatic carbocycles. The van der Waals surface area contributed by atoms with Gasteiger partial charge in [-0.25, -0.2) is 9.67 Å². The van der Waals surface area contributed by atoms with Crippen molar-refractivity contribution in [2.75, 3.05) is 18.0 Å². The molecule has 1 saturated carbocycles. The molecular weight excluding hydrogens is 424 g/mol. The Morgan fingerprint density at radius 3 is 2.44 bits per heavy atom. The van der Waals surface area contributed by atoms with Gasteiger partial charge in [-0.1, -0.05) is 23.7 Å². The number of nitrogens with one attached hydrogen (secondary N) is 1. The highest BCUT2D eigenvalue weighted by Gasteiger charge is 2.32. The quantitative estimate of drug-likeness (QED) is 0.638. The van der Waals surface area contributed by atoms with E-state index in [-0.39, 0.29) is 17.8 Å². The highest BCUT2D eigenvalue weighted by molar-refractivity contribution is 6.32. The molecule has 1 aromatic heterocycles. The van der Waals surface area contributed by atoms with E-state index >= 15 is 0 Å². The molecule has 1 N–H and O–H groups in total. The molecule has 2 heterocycles. The van der Waals surface area contributed by atoms with E-state index in [9.17, 15) is 4.79 Å². The van der Waals surface area contributed by atoms with E-state index in [1.165, 1.54) is 0 Å². The molecule has 0 spiro atoms. The Kier molecular flexibility index (Phi) is 5.54. The molecule has 32 heavy (non-hydrogen) atoms. The monoisotopic (exact) mass is 446 g/mol. The molecule has 2 aliphatic rings. The van der Waals surface area contributed by atoms with Gasteiger partial charge < -0.3 is 10.2 Å². The van der Waals surface area contributed by atoms with Gasteiger partial charge in [-0.15, -0.1) is 5.10 Å². The van der Waals surface area contributed by atoms with Crippen LogP contribution in [0, 0.1) is 11.3 Å². The number of nitrogens with zero attached hydrogens (tertiary/aromatic N) is 5. The van der Waals surface area contributed by atoms with Gasteiger partial charge in [-0.05, 0) is 62.1 Å². The molecule has 1 aliphatic heterocycles. The van der Waals surface area contributed by atoms with E-state index in [0.29, 0.717) is 16.5 Å². The number of carbonyl (C=O) groups is 1. The minimum absolute atomic E-state index is 0.0776. The average molecular weight is 447 g/mol. The molecule has 8 heteroatoms. The predicted octanol–water partition coefficient (Wildman–Crippen LogP) is 4.07. The fourth-order valence-corrected chi connectivity index (χ4v) is 4.32. The zero-order valence-corrected chi connectivity index (χ0v) is 18.3. The van der Waals surface area contributed by atoms with Crippen molar-refractivity contribution in [2.24, 2.45) is 0 Å². The van der Waals surface area contributed by atoms with Gasteiger partial charge in [-0.2, -0.15) is 5.26 Å². The topological polar surface area (TPSA) is 86.8 Å². The summed E-state index contributed by atoms with van der Waals surface area (Å²) in [6, 6.07) is 17.3. The van der Waals surface area contributed by atoms with E-state index in [1.807, 2.05) is 48.5 Å². The summed E-state index contributed by atoms with van der Waals surface area (Å²) < 4.78 is 1.72. The van der Waals surface area contributed by atoms with Crippen LogP contribution >= 0.6 is 11.6 Å². The minimum Gasteiger partial charge on any atom is -0.371 e. The number of halogens is 1. The number of carbonyl (C=O) groups excluding carboxylic acids is 1. The number of rotatable bonds is 5. The average Bonchev–Trinajstić information content (AvgIpc) is 3.58. The number of hydrogen-bond acceptors (Lipinski definition) is 5. The van der Waals surface area contributed by atoms with Crippen molar-refractivity contribution in [1.29, 1.82) is 5.26 Å². The number of para-hydroxylation sites is 1.